The fraction of sp³-hybridized carbons (Fsp3) is 0.909. The van der Waals surface area contributed by atoms with Crippen LogP contribution in [-0.2, 0) is 14.3 Å². The maximum absolute atomic E-state index is 10.0. The van der Waals surface area contributed by atoms with Gasteiger partial charge in [0, 0.05) is 19.8 Å². The summed E-state index contributed by atoms with van der Waals surface area (Å²) in [6.45, 7) is 6.32. The van der Waals surface area contributed by atoms with Crippen LogP contribution in [-0.4, -0.2) is 43.9 Å². The average Bonchev–Trinajstić information content (AvgIpc) is 2.33. The Labute approximate surface area is 91.6 Å². The number of aldehydes is 1. The fourth-order valence-electron chi connectivity index (χ4n) is 1.31. The molecule has 1 N–H and O–H groups in total. The second kappa shape index (κ2) is 10.1. The minimum atomic E-state index is -0.972. The molecule has 4 heteroatoms. The van der Waals surface area contributed by atoms with Crippen LogP contribution in [0, 0.1) is 5.92 Å². The summed E-state index contributed by atoms with van der Waals surface area (Å²) in [6.07, 6.45) is 1.54. The molecule has 0 aromatic rings. The second-order valence-corrected chi connectivity index (χ2v) is 3.30. The van der Waals surface area contributed by atoms with Crippen LogP contribution in [0.3, 0.4) is 0 Å². The zero-order valence-corrected chi connectivity index (χ0v) is 9.65. The summed E-state index contributed by atoms with van der Waals surface area (Å²) in [5.41, 5.74) is 0. The van der Waals surface area contributed by atoms with Crippen LogP contribution in [0.4, 0.5) is 0 Å². The first-order valence-corrected chi connectivity index (χ1v) is 5.61. The Bertz CT molecular complexity index is 144. The highest BCUT2D eigenvalue weighted by Gasteiger charge is 2.14. The Balaban J connectivity index is 0.000000921. The van der Waals surface area contributed by atoms with Crippen LogP contribution in [0.5, 0.6) is 0 Å². The van der Waals surface area contributed by atoms with Gasteiger partial charge in [0.25, 0.3) is 0 Å². The molecule has 1 heterocycles. The number of rotatable bonds is 5. The Kier molecular flexibility index (Phi) is 9.78. The Morgan fingerprint density at radius 3 is 2.60 bits per heavy atom. The van der Waals surface area contributed by atoms with Crippen molar-refractivity contribution < 1.29 is 19.4 Å². The van der Waals surface area contributed by atoms with E-state index in [2.05, 4.69) is 0 Å². The first kappa shape index (κ1) is 14.6. The van der Waals surface area contributed by atoms with Crippen molar-refractivity contribution in [2.45, 2.75) is 32.8 Å². The van der Waals surface area contributed by atoms with Crippen LogP contribution in [0.25, 0.3) is 0 Å². The highest BCUT2D eigenvalue weighted by atomic mass is 16.5. The second-order valence-electron chi connectivity index (χ2n) is 3.30. The Hall–Kier alpha value is -0.450. The lowest BCUT2D eigenvalue weighted by Crippen LogP contribution is -2.23. The van der Waals surface area contributed by atoms with E-state index >= 15 is 0 Å². The van der Waals surface area contributed by atoms with Crippen LogP contribution in [0.15, 0.2) is 0 Å². The summed E-state index contributed by atoms with van der Waals surface area (Å²) >= 11 is 0. The number of ether oxygens (including phenoxy) is 2. The number of hydrogen-bond acceptors (Lipinski definition) is 4. The van der Waals surface area contributed by atoms with Crippen molar-refractivity contribution in [3.8, 4) is 0 Å². The van der Waals surface area contributed by atoms with Gasteiger partial charge < -0.3 is 19.4 Å². The average molecular weight is 218 g/mol. The molecule has 0 radical (unpaired) electrons. The molecule has 0 saturated carbocycles. The molecular formula is C11H22O4. The summed E-state index contributed by atoms with van der Waals surface area (Å²) in [5, 5.41) is 8.87. The van der Waals surface area contributed by atoms with Crippen molar-refractivity contribution >= 4 is 6.29 Å². The van der Waals surface area contributed by atoms with E-state index in [0.29, 0.717) is 18.8 Å². The SMILES string of the molecule is CC.O=CC(O)COCC1CCOCC1. The van der Waals surface area contributed by atoms with Crippen molar-refractivity contribution in [3.05, 3.63) is 0 Å². The van der Waals surface area contributed by atoms with Crippen molar-refractivity contribution in [1.82, 2.24) is 0 Å². The molecule has 0 spiro atoms. The van der Waals surface area contributed by atoms with Gasteiger partial charge in [-0.3, -0.25) is 0 Å². The molecule has 1 aliphatic rings. The van der Waals surface area contributed by atoms with Gasteiger partial charge in [-0.1, -0.05) is 13.8 Å². The number of aliphatic hydroxyl groups is 1. The van der Waals surface area contributed by atoms with Gasteiger partial charge in [0.1, 0.15) is 6.10 Å². The molecule has 1 unspecified atom stereocenters. The molecule has 0 amide bonds. The smallest absolute Gasteiger partial charge is 0.150 e. The predicted octanol–water partition coefficient (Wildman–Crippen LogP) is 1.02. The third kappa shape index (κ3) is 7.48. The van der Waals surface area contributed by atoms with Crippen molar-refractivity contribution in [2.75, 3.05) is 26.4 Å². The van der Waals surface area contributed by atoms with E-state index < -0.39 is 6.10 Å². The van der Waals surface area contributed by atoms with Crippen LogP contribution >= 0.6 is 0 Å². The van der Waals surface area contributed by atoms with E-state index in [1.807, 2.05) is 13.8 Å². The molecule has 0 aliphatic carbocycles. The number of aliphatic hydroxyl groups excluding tert-OH is 1. The standard InChI is InChI=1S/C9H16O4.C2H6/c10-5-9(11)7-13-6-8-1-3-12-4-2-8;1-2/h5,8-9,11H,1-4,6-7H2;1-2H3. The predicted molar refractivity (Wildman–Crippen MR) is 57.8 cm³/mol. The van der Waals surface area contributed by atoms with Gasteiger partial charge in [0.2, 0.25) is 0 Å². The molecule has 1 aliphatic heterocycles. The van der Waals surface area contributed by atoms with E-state index in [1.54, 1.807) is 0 Å². The highest BCUT2D eigenvalue weighted by Crippen LogP contribution is 2.14. The minimum Gasteiger partial charge on any atom is -0.383 e. The summed E-state index contributed by atoms with van der Waals surface area (Å²) in [4.78, 5) is 10.0. The summed E-state index contributed by atoms with van der Waals surface area (Å²) in [7, 11) is 0. The third-order valence-electron chi connectivity index (χ3n) is 2.14. The van der Waals surface area contributed by atoms with E-state index in [-0.39, 0.29) is 6.61 Å². The van der Waals surface area contributed by atoms with Crippen LogP contribution < -0.4 is 0 Å². The molecule has 1 saturated heterocycles. The van der Waals surface area contributed by atoms with Gasteiger partial charge in [-0.25, -0.2) is 0 Å². The van der Waals surface area contributed by atoms with E-state index in [1.165, 1.54) is 0 Å². The zero-order valence-electron chi connectivity index (χ0n) is 9.65. The molecule has 1 rings (SSSR count). The number of hydrogen-bond donors (Lipinski definition) is 1. The Morgan fingerprint density at radius 2 is 2.07 bits per heavy atom. The molecule has 0 aromatic heterocycles. The molecule has 1 atom stereocenters. The van der Waals surface area contributed by atoms with Crippen molar-refractivity contribution in [1.29, 1.82) is 0 Å². The lowest BCUT2D eigenvalue weighted by molar-refractivity contribution is -0.118. The van der Waals surface area contributed by atoms with Gasteiger partial charge >= 0.3 is 0 Å². The summed E-state index contributed by atoms with van der Waals surface area (Å²) < 4.78 is 10.4. The summed E-state index contributed by atoms with van der Waals surface area (Å²) in [6, 6.07) is 0. The lowest BCUT2D eigenvalue weighted by Gasteiger charge is -2.21. The Morgan fingerprint density at radius 1 is 1.47 bits per heavy atom. The summed E-state index contributed by atoms with van der Waals surface area (Å²) in [5.74, 6) is 0.521. The zero-order chi connectivity index (χ0) is 11.5. The maximum Gasteiger partial charge on any atom is 0.150 e. The van der Waals surface area contributed by atoms with Gasteiger partial charge in [-0.2, -0.15) is 0 Å². The normalized spacial score (nSPS) is 18.9. The molecule has 1 fully saturated rings. The molecular weight excluding hydrogens is 196 g/mol. The minimum absolute atomic E-state index is 0.112. The molecule has 4 nitrogen and oxygen atoms in total. The third-order valence-corrected chi connectivity index (χ3v) is 2.14. The fourth-order valence-corrected chi connectivity index (χ4v) is 1.31. The van der Waals surface area contributed by atoms with Crippen LogP contribution in [0.1, 0.15) is 26.7 Å². The van der Waals surface area contributed by atoms with Gasteiger partial charge in [-0.05, 0) is 18.8 Å². The molecule has 90 valence electrons. The highest BCUT2D eigenvalue weighted by molar-refractivity contribution is 5.55. The number of carbonyl (C=O) groups is 1. The lowest BCUT2D eigenvalue weighted by atomic mass is 10.0. The van der Waals surface area contributed by atoms with Gasteiger partial charge in [-0.15, -0.1) is 0 Å². The molecule has 15 heavy (non-hydrogen) atoms. The first-order chi connectivity index (χ1) is 7.33. The van der Waals surface area contributed by atoms with E-state index in [9.17, 15) is 4.79 Å². The quantitative estimate of drug-likeness (QED) is 0.700. The van der Waals surface area contributed by atoms with Crippen molar-refractivity contribution in [2.24, 2.45) is 5.92 Å². The van der Waals surface area contributed by atoms with Crippen molar-refractivity contribution in [3.63, 3.8) is 0 Å². The number of carbonyl (C=O) groups excluding carboxylic acids is 1. The largest absolute Gasteiger partial charge is 0.383 e. The first-order valence-electron chi connectivity index (χ1n) is 5.61. The molecule has 0 aromatic carbocycles. The molecule has 0 bridgehead atoms. The topological polar surface area (TPSA) is 55.8 Å². The monoisotopic (exact) mass is 218 g/mol. The maximum atomic E-state index is 10.0. The van der Waals surface area contributed by atoms with Crippen LogP contribution in [0.2, 0.25) is 0 Å². The van der Waals surface area contributed by atoms with Gasteiger partial charge in [0.05, 0.1) is 6.61 Å². The van der Waals surface area contributed by atoms with E-state index in [4.69, 9.17) is 14.6 Å². The van der Waals surface area contributed by atoms with E-state index in [0.717, 1.165) is 26.1 Å². The van der Waals surface area contributed by atoms with Gasteiger partial charge in [0.15, 0.2) is 6.29 Å².